The molecule has 0 saturated carbocycles. The van der Waals surface area contributed by atoms with Crippen molar-refractivity contribution in [2.75, 3.05) is 6.54 Å². The van der Waals surface area contributed by atoms with E-state index in [-0.39, 0.29) is 0 Å². The maximum absolute atomic E-state index is 3.35. The SMILES string of the molecule is [CH2]NCC. The Morgan fingerprint density at radius 2 is 2.25 bits per heavy atom. The minimum atomic E-state index is 0.958. The lowest BCUT2D eigenvalue weighted by Gasteiger charge is -1.75. The second-order valence-electron chi connectivity index (χ2n) is 0.604. The van der Waals surface area contributed by atoms with E-state index in [0.717, 1.165) is 6.54 Å². The third-order valence-electron chi connectivity index (χ3n) is 0.250. The van der Waals surface area contributed by atoms with Gasteiger partial charge in [-0.05, 0) is 6.54 Å². The van der Waals surface area contributed by atoms with Gasteiger partial charge in [-0.2, -0.15) is 0 Å². The predicted octanol–water partition coefficient (Wildman–Crippen LogP) is 0.387. The highest BCUT2D eigenvalue weighted by atomic mass is 14.8. The molecule has 0 atom stereocenters. The van der Waals surface area contributed by atoms with Crippen LogP contribution in [0.2, 0.25) is 0 Å². The van der Waals surface area contributed by atoms with Crippen molar-refractivity contribution < 1.29 is 0 Å². The van der Waals surface area contributed by atoms with Crippen molar-refractivity contribution in [2.24, 2.45) is 0 Å². The number of rotatable bonds is 1. The van der Waals surface area contributed by atoms with Crippen LogP contribution in [-0.2, 0) is 0 Å². The summed E-state index contributed by atoms with van der Waals surface area (Å²) in [5.41, 5.74) is 0. The van der Waals surface area contributed by atoms with Crippen molar-refractivity contribution in [3.63, 3.8) is 0 Å². The normalized spacial score (nSPS) is 7.50. The minimum Gasteiger partial charge on any atom is -0.316 e. The third kappa shape index (κ3) is 1.96. The van der Waals surface area contributed by atoms with Crippen molar-refractivity contribution in [2.45, 2.75) is 6.92 Å². The Balaban J connectivity index is 1.97. The van der Waals surface area contributed by atoms with Crippen LogP contribution in [0.3, 0.4) is 0 Å². The standard InChI is InChI=1S/C3H8N/c1-3-4-2/h4H,2-3H2,1H3. The van der Waals surface area contributed by atoms with Gasteiger partial charge in [-0.3, -0.25) is 0 Å². The van der Waals surface area contributed by atoms with Crippen LogP contribution >= 0.6 is 0 Å². The molecular weight excluding hydrogens is 50.0 g/mol. The van der Waals surface area contributed by atoms with Gasteiger partial charge in [-0.25, -0.2) is 0 Å². The monoisotopic (exact) mass is 58.1 g/mol. The van der Waals surface area contributed by atoms with Gasteiger partial charge in [0.2, 0.25) is 0 Å². The van der Waals surface area contributed by atoms with Gasteiger partial charge in [-0.1, -0.05) is 6.92 Å². The van der Waals surface area contributed by atoms with Crippen molar-refractivity contribution in [1.82, 2.24) is 5.32 Å². The van der Waals surface area contributed by atoms with Crippen LogP contribution in [0.1, 0.15) is 6.92 Å². The zero-order chi connectivity index (χ0) is 3.41. The summed E-state index contributed by atoms with van der Waals surface area (Å²) in [5, 5.41) is 2.68. The van der Waals surface area contributed by atoms with E-state index in [1.54, 1.807) is 0 Å². The fourth-order valence-corrected chi connectivity index (χ4v) is 0. The summed E-state index contributed by atoms with van der Waals surface area (Å²) in [7, 11) is 3.35. The highest BCUT2D eigenvalue weighted by Gasteiger charge is 1.50. The van der Waals surface area contributed by atoms with Gasteiger partial charge in [0, 0.05) is 7.05 Å². The topological polar surface area (TPSA) is 12.0 Å². The summed E-state index contributed by atoms with van der Waals surface area (Å²) in [6.45, 7) is 2.97. The molecule has 0 saturated heterocycles. The first-order valence-electron chi connectivity index (χ1n) is 1.41. The van der Waals surface area contributed by atoms with E-state index < -0.39 is 0 Å². The first-order valence-corrected chi connectivity index (χ1v) is 1.41. The third-order valence-corrected chi connectivity index (χ3v) is 0.250. The predicted molar refractivity (Wildman–Crippen MR) is 19.0 cm³/mol. The summed E-state index contributed by atoms with van der Waals surface area (Å²) in [6.07, 6.45) is 0. The van der Waals surface area contributed by atoms with Crippen LogP contribution < -0.4 is 5.32 Å². The van der Waals surface area contributed by atoms with E-state index in [1.165, 1.54) is 0 Å². The summed E-state index contributed by atoms with van der Waals surface area (Å²) >= 11 is 0. The van der Waals surface area contributed by atoms with Crippen molar-refractivity contribution in [3.05, 3.63) is 7.05 Å². The molecule has 0 aliphatic heterocycles. The summed E-state index contributed by atoms with van der Waals surface area (Å²) in [5.74, 6) is 0. The van der Waals surface area contributed by atoms with E-state index in [4.69, 9.17) is 0 Å². The van der Waals surface area contributed by atoms with E-state index in [2.05, 4.69) is 12.4 Å². The smallest absolute Gasteiger partial charge is 0.00766 e. The second-order valence-corrected chi connectivity index (χ2v) is 0.604. The fraction of sp³-hybridized carbons (Fsp3) is 0.667. The molecule has 4 heavy (non-hydrogen) atoms. The average Bonchev–Trinajstić information content (AvgIpc) is 1.37. The quantitative estimate of drug-likeness (QED) is 0.460. The molecule has 1 N–H and O–H groups in total. The van der Waals surface area contributed by atoms with Crippen molar-refractivity contribution in [1.29, 1.82) is 0 Å². The first-order chi connectivity index (χ1) is 1.91. The highest BCUT2D eigenvalue weighted by Crippen LogP contribution is 1.37. The molecule has 0 rings (SSSR count). The average molecular weight is 58.1 g/mol. The van der Waals surface area contributed by atoms with E-state index in [0.29, 0.717) is 0 Å². The lowest BCUT2D eigenvalue weighted by Crippen LogP contribution is -1.97. The molecule has 1 radical (unpaired) electrons. The molecule has 0 aromatic carbocycles. The van der Waals surface area contributed by atoms with Gasteiger partial charge >= 0.3 is 0 Å². The van der Waals surface area contributed by atoms with Crippen LogP contribution in [0.25, 0.3) is 0 Å². The first kappa shape index (κ1) is 3.96. The molecule has 1 heteroatoms. The molecule has 0 amide bonds. The van der Waals surface area contributed by atoms with Crippen molar-refractivity contribution >= 4 is 0 Å². The van der Waals surface area contributed by atoms with Crippen molar-refractivity contribution in [3.8, 4) is 0 Å². The summed E-state index contributed by atoms with van der Waals surface area (Å²) in [4.78, 5) is 0. The molecule has 0 aromatic heterocycles. The lowest BCUT2D eigenvalue weighted by molar-refractivity contribution is 0.916. The molecule has 0 aliphatic carbocycles. The lowest BCUT2D eigenvalue weighted by atomic mass is 10.8. The molecule has 0 heterocycles. The van der Waals surface area contributed by atoms with E-state index >= 15 is 0 Å². The van der Waals surface area contributed by atoms with Gasteiger partial charge < -0.3 is 5.32 Å². The molecule has 0 fully saturated rings. The maximum Gasteiger partial charge on any atom is 0.00766 e. The zero-order valence-electron chi connectivity index (χ0n) is 2.91. The van der Waals surface area contributed by atoms with Crippen LogP contribution in [-0.4, -0.2) is 6.54 Å². The Morgan fingerprint density at radius 1 is 2.00 bits per heavy atom. The van der Waals surface area contributed by atoms with Gasteiger partial charge in [0.15, 0.2) is 0 Å². The molecular formula is C3H8N. The Morgan fingerprint density at radius 3 is 2.25 bits per heavy atom. The second kappa shape index (κ2) is 2.96. The minimum absolute atomic E-state index is 0.958. The molecule has 1 nitrogen and oxygen atoms in total. The van der Waals surface area contributed by atoms with Crippen LogP contribution in [0.4, 0.5) is 0 Å². The maximum atomic E-state index is 3.35. The van der Waals surface area contributed by atoms with Gasteiger partial charge in [0.25, 0.3) is 0 Å². The number of hydrogen-bond donors (Lipinski definition) is 1. The van der Waals surface area contributed by atoms with Crippen LogP contribution in [0.15, 0.2) is 0 Å². The van der Waals surface area contributed by atoms with Gasteiger partial charge in [-0.15, -0.1) is 0 Å². The molecule has 25 valence electrons. The Kier molecular flexibility index (Phi) is 2.93. The Bertz CT molecular complexity index is 5.25. The largest absolute Gasteiger partial charge is 0.316 e. The Labute approximate surface area is 27.0 Å². The summed E-state index contributed by atoms with van der Waals surface area (Å²) < 4.78 is 0. The van der Waals surface area contributed by atoms with Gasteiger partial charge in [0.1, 0.15) is 0 Å². The van der Waals surface area contributed by atoms with Gasteiger partial charge in [0.05, 0.1) is 0 Å². The number of nitrogens with one attached hydrogen (secondary N) is 1. The van der Waals surface area contributed by atoms with E-state index in [1.807, 2.05) is 6.92 Å². The zero-order valence-corrected chi connectivity index (χ0v) is 2.91. The number of hydrogen-bond acceptors (Lipinski definition) is 1. The molecule has 0 spiro atoms. The molecule has 0 bridgehead atoms. The fourth-order valence-electron chi connectivity index (χ4n) is 0. The highest BCUT2D eigenvalue weighted by molar-refractivity contribution is 4.25. The van der Waals surface area contributed by atoms with E-state index in [9.17, 15) is 0 Å². The van der Waals surface area contributed by atoms with Crippen LogP contribution in [0.5, 0.6) is 0 Å². The summed E-state index contributed by atoms with van der Waals surface area (Å²) in [6, 6.07) is 0. The molecule has 0 aromatic rings. The Hall–Kier alpha value is -0.0400. The molecule has 0 unspecified atom stereocenters. The molecule has 0 aliphatic rings. The van der Waals surface area contributed by atoms with Crippen LogP contribution in [0, 0.1) is 7.05 Å².